The van der Waals surface area contributed by atoms with E-state index in [1.165, 1.54) is 5.39 Å². The number of hydrogen-bond acceptors (Lipinski definition) is 1. The molecule has 0 aliphatic carbocycles. The second kappa shape index (κ2) is 4.11. The van der Waals surface area contributed by atoms with Crippen molar-refractivity contribution in [2.75, 3.05) is 0 Å². The van der Waals surface area contributed by atoms with Crippen LogP contribution in [0.5, 0.6) is 0 Å². The van der Waals surface area contributed by atoms with Gasteiger partial charge in [-0.2, -0.15) is 0 Å². The number of halogens is 1. The molecule has 0 radical (unpaired) electrons. The predicted molar refractivity (Wildman–Crippen MR) is 67.9 cm³/mol. The predicted octanol–water partition coefficient (Wildman–Crippen LogP) is 3.46. The maximum Gasteiger partial charge on any atom is 0.0608 e. The third-order valence-electron chi connectivity index (χ3n) is 2.70. The van der Waals surface area contributed by atoms with E-state index in [-0.39, 0.29) is 0 Å². The van der Waals surface area contributed by atoms with Crippen LogP contribution in [0.15, 0.2) is 30.5 Å². The van der Waals surface area contributed by atoms with Crippen molar-refractivity contribution in [3.05, 3.63) is 35.5 Å². The van der Waals surface area contributed by atoms with Crippen LogP contribution < -0.4 is 0 Å². The molecule has 86 valence electrons. The van der Waals surface area contributed by atoms with Crippen molar-refractivity contribution in [3.8, 4) is 0 Å². The van der Waals surface area contributed by atoms with Crippen LogP contribution in [0.2, 0.25) is 5.02 Å². The first-order valence-corrected chi connectivity index (χ1v) is 5.80. The van der Waals surface area contributed by atoms with Gasteiger partial charge in [-0.25, -0.2) is 0 Å². The highest BCUT2D eigenvalue weighted by Gasteiger charge is 2.12. The van der Waals surface area contributed by atoms with Gasteiger partial charge in [0.2, 0.25) is 0 Å². The zero-order valence-corrected chi connectivity index (χ0v) is 10.3. The molecule has 2 rings (SSSR count). The molecule has 0 saturated heterocycles. The Morgan fingerprint density at radius 1 is 1.31 bits per heavy atom. The van der Waals surface area contributed by atoms with E-state index in [1.807, 2.05) is 38.2 Å². The Kier molecular flexibility index (Phi) is 2.96. The molecule has 0 bridgehead atoms. The first-order valence-electron chi connectivity index (χ1n) is 5.42. The highest BCUT2D eigenvalue weighted by molar-refractivity contribution is 6.31. The Morgan fingerprint density at radius 3 is 2.75 bits per heavy atom. The summed E-state index contributed by atoms with van der Waals surface area (Å²) in [6.07, 6.45) is 2.76. The molecule has 0 atom stereocenters. The molecule has 0 saturated carbocycles. The molecule has 2 aromatic rings. The molecule has 3 heteroatoms. The van der Waals surface area contributed by atoms with Crippen LogP contribution in [0.25, 0.3) is 10.9 Å². The maximum atomic E-state index is 9.70. The van der Waals surface area contributed by atoms with Crippen LogP contribution in [0.3, 0.4) is 0 Å². The third kappa shape index (κ3) is 2.57. The lowest BCUT2D eigenvalue weighted by Crippen LogP contribution is -2.20. The van der Waals surface area contributed by atoms with Gasteiger partial charge in [-0.05, 0) is 43.9 Å². The standard InChI is InChI=1S/C13H16ClNO/c1-13(2,16)6-8-15-7-5-10-3-4-11(14)9-12(10)15/h3-5,7,9,16H,6,8H2,1-2H3. The van der Waals surface area contributed by atoms with Gasteiger partial charge in [0.05, 0.1) is 5.60 Å². The molecule has 1 aromatic carbocycles. The topological polar surface area (TPSA) is 25.2 Å². The second-order valence-electron chi connectivity index (χ2n) is 4.77. The van der Waals surface area contributed by atoms with Gasteiger partial charge in [0.15, 0.2) is 0 Å². The number of benzene rings is 1. The van der Waals surface area contributed by atoms with Crippen molar-refractivity contribution in [1.29, 1.82) is 0 Å². The summed E-state index contributed by atoms with van der Waals surface area (Å²) < 4.78 is 2.12. The number of nitrogens with zero attached hydrogens (tertiary/aromatic N) is 1. The van der Waals surface area contributed by atoms with E-state index in [4.69, 9.17) is 11.6 Å². The van der Waals surface area contributed by atoms with E-state index >= 15 is 0 Å². The molecule has 0 aliphatic rings. The highest BCUT2D eigenvalue weighted by Crippen LogP contribution is 2.21. The monoisotopic (exact) mass is 237 g/mol. The summed E-state index contributed by atoms with van der Waals surface area (Å²) in [5.41, 5.74) is 0.492. The minimum Gasteiger partial charge on any atom is -0.390 e. The number of aromatic nitrogens is 1. The largest absolute Gasteiger partial charge is 0.390 e. The molecule has 1 heterocycles. The van der Waals surface area contributed by atoms with Gasteiger partial charge in [0.1, 0.15) is 0 Å². The first kappa shape index (κ1) is 11.5. The molecule has 0 unspecified atom stereocenters. The van der Waals surface area contributed by atoms with Crippen molar-refractivity contribution >= 4 is 22.5 Å². The van der Waals surface area contributed by atoms with Crippen LogP contribution in [-0.4, -0.2) is 15.3 Å². The van der Waals surface area contributed by atoms with Crippen LogP contribution >= 0.6 is 11.6 Å². The zero-order chi connectivity index (χ0) is 11.8. The summed E-state index contributed by atoms with van der Waals surface area (Å²) in [5, 5.41) is 11.6. The Balaban J connectivity index is 2.28. The van der Waals surface area contributed by atoms with Crippen LogP contribution in [0.4, 0.5) is 0 Å². The summed E-state index contributed by atoms with van der Waals surface area (Å²) in [5.74, 6) is 0. The Hall–Kier alpha value is -0.990. The van der Waals surface area contributed by atoms with Gasteiger partial charge in [-0.1, -0.05) is 17.7 Å². The van der Waals surface area contributed by atoms with Crippen LogP contribution in [-0.2, 0) is 6.54 Å². The lowest BCUT2D eigenvalue weighted by molar-refractivity contribution is 0.0666. The number of hydrogen-bond donors (Lipinski definition) is 1. The molecule has 16 heavy (non-hydrogen) atoms. The van der Waals surface area contributed by atoms with Crippen molar-refractivity contribution in [2.24, 2.45) is 0 Å². The minimum atomic E-state index is -0.630. The van der Waals surface area contributed by atoms with Gasteiger partial charge in [-0.3, -0.25) is 0 Å². The Morgan fingerprint density at radius 2 is 2.06 bits per heavy atom. The molecule has 0 aliphatic heterocycles. The van der Waals surface area contributed by atoms with E-state index in [1.54, 1.807) is 0 Å². The highest BCUT2D eigenvalue weighted by atomic mass is 35.5. The number of aliphatic hydroxyl groups is 1. The molecule has 0 amide bonds. The van der Waals surface area contributed by atoms with Crippen molar-refractivity contribution in [3.63, 3.8) is 0 Å². The summed E-state index contributed by atoms with van der Waals surface area (Å²) in [4.78, 5) is 0. The van der Waals surface area contributed by atoms with Crippen molar-refractivity contribution in [1.82, 2.24) is 4.57 Å². The molecule has 2 nitrogen and oxygen atoms in total. The van der Waals surface area contributed by atoms with E-state index in [0.717, 1.165) is 23.5 Å². The van der Waals surface area contributed by atoms with Crippen molar-refractivity contribution < 1.29 is 5.11 Å². The number of aryl methyl sites for hydroxylation is 1. The maximum absolute atomic E-state index is 9.70. The normalized spacial score (nSPS) is 12.2. The SMILES string of the molecule is CC(C)(O)CCn1ccc2ccc(Cl)cc21. The lowest BCUT2D eigenvalue weighted by Gasteiger charge is -2.17. The molecule has 0 fully saturated rings. The van der Waals surface area contributed by atoms with Gasteiger partial charge >= 0.3 is 0 Å². The van der Waals surface area contributed by atoms with Gasteiger partial charge in [-0.15, -0.1) is 0 Å². The molecular weight excluding hydrogens is 222 g/mol. The smallest absolute Gasteiger partial charge is 0.0608 e. The quantitative estimate of drug-likeness (QED) is 0.869. The van der Waals surface area contributed by atoms with Crippen molar-refractivity contribution in [2.45, 2.75) is 32.4 Å². The second-order valence-corrected chi connectivity index (χ2v) is 5.21. The summed E-state index contributed by atoms with van der Waals surface area (Å²) in [6, 6.07) is 7.93. The Labute approximate surface area is 100 Å². The van der Waals surface area contributed by atoms with E-state index in [2.05, 4.69) is 10.6 Å². The summed E-state index contributed by atoms with van der Waals surface area (Å²) in [6.45, 7) is 4.45. The van der Waals surface area contributed by atoms with E-state index < -0.39 is 5.60 Å². The average molecular weight is 238 g/mol. The van der Waals surface area contributed by atoms with Crippen LogP contribution in [0.1, 0.15) is 20.3 Å². The summed E-state index contributed by atoms with van der Waals surface area (Å²) >= 11 is 5.97. The first-order chi connectivity index (χ1) is 7.46. The third-order valence-corrected chi connectivity index (χ3v) is 2.94. The fraction of sp³-hybridized carbons (Fsp3) is 0.385. The van der Waals surface area contributed by atoms with E-state index in [0.29, 0.717) is 0 Å². The number of rotatable bonds is 3. The van der Waals surface area contributed by atoms with Gasteiger partial charge in [0.25, 0.3) is 0 Å². The number of fused-ring (bicyclic) bond motifs is 1. The average Bonchev–Trinajstić information content (AvgIpc) is 2.56. The summed E-state index contributed by atoms with van der Waals surface area (Å²) in [7, 11) is 0. The van der Waals surface area contributed by atoms with Gasteiger partial charge in [0, 0.05) is 23.3 Å². The van der Waals surface area contributed by atoms with E-state index in [9.17, 15) is 5.11 Å². The van der Waals surface area contributed by atoms with Gasteiger partial charge < -0.3 is 9.67 Å². The Bertz CT molecular complexity index is 496. The molecule has 0 spiro atoms. The molecule has 1 N–H and O–H groups in total. The lowest BCUT2D eigenvalue weighted by atomic mass is 10.1. The fourth-order valence-electron chi connectivity index (χ4n) is 1.75. The fourth-order valence-corrected chi connectivity index (χ4v) is 1.91. The van der Waals surface area contributed by atoms with Crippen LogP contribution in [0, 0.1) is 0 Å². The zero-order valence-electron chi connectivity index (χ0n) is 9.57. The molecular formula is C13H16ClNO. The minimum absolute atomic E-state index is 0.630. The molecule has 1 aromatic heterocycles.